The van der Waals surface area contributed by atoms with Crippen LogP contribution in [-0.2, 0) is 6.42 Å². The van der Waals surface area contributed by atoms with E-state index in [0.29, 0.717) is 16.4 Å². The van der Waals surface area contributed by atoms with Gasteiger partial charge in [0.2, 0.25) is 0 Å². The predicted molar refractivity (Wildman–Crippen MR) is 76.5 cm³/mol. The summed E-state index contributed by atoms with van der Waals surface area (Å²) < 4.78 is 12.6. The van der Waals surface area contributed by atoms with Gasteiger partial charge in [0.25, 0.3) is 5.56 Å². The summed E-state index contributed by atoms with van der Waals surface area (Å²) in [6.07, 6.45) is 2.01. The number of nitrogens with zero attached hydrogens (tertiary/aromatic N) is 2. The fourth-order valence-electron chi connectivity index (χ4n) is 1.92. The number of hydrogen-bond donors (Lipinski definition) is 1. The van der Waals surface area contributed by atoms with Crippen LogP contribution in [0.4, 0.5) is 4.39 Å². The molecule has 0 aliphatic heterocycles. The molecule has 1 N–H and O–H groups in total. The predicted octanol–water partition coefficient (Wildman–Crippen LogP) is 2.54. The van der Waals surface area contributed by atoms with Gasteiger partial charge in [0, 0.05) is 12.0 Å². The number of aromatic amines is 1. The lowest BCUT2D eigenvalue weighted by atomic mass is 9.99. The Labute approximate surface area is 119 Å². The highest BCUT2D eigenvalue weighted by atomic mass is 32.2. The second-order valence-corrected chi connectivity index (χ2v) is 4.80. The van der Waals surface area contributed by atoms with Crippen molar-refractivity contribution in [1.29, 1.82) is 5.26 Å². The summed E-state index contributed by atoms with van der Waals surface area (Å²) in [5.74, 6) is 0. The maximum absolute atomic E-state index is 12.6. The van der Waals surface area contributed by atoms with E-state index in [2.05, 4.69) is 9.97 Å². The van der Waals surface area contributed by atoms with Crippen LogP contribution in [0, 0.1) is 11.3 Å². The lowest BCUT2D eigenvalue weighted by Gasteiger charge is -2.09. The van der Waals surface area contributed by atoms with Crippen LogP contribution in [0.25, 0.3) is 11.3 Å². The molecular formula is C14H12FN3OS. The standard InChI is InChI=1S/C14H12FN3OS/c1-20-14-17-12(11(8-16)13(19)18-14)10-5-3-2-4-9(10)6-7-15/h2-5H,6-7H2,1H3,(H,17,18,19). The molecule has 0 saturated heterocycles. The first-order valence-corrected chi connectivity index (χ1v) is 7.16. The molecule has 0 unspecified atom stereocenters. The highest BCUT2D eigenvalue weighted by Crippen LogP contribution is 2.25. The van der Waals surface area contributed by atoms with Crippen molar-refractivity contribution < 1.29 is 4.39 Å². The molecule has 0 spiro atoms. The summed E-state index contributed by atoms with van der Waals surface area (Å²) in [4.78, 5) is 18.7. The number of rotatable bonds is 4. The minimum Gasteiger partial charge on any atom is -0.300 e. The summed E-state index contributed by atoms with van der Waals surface area (Å²) in [6.45, 7) is -0.503. The van der Waals surface area contributed by atoms with Gasteiger partial charge in [0.05, 0.1) is 12.4 Å². The Hall–Kier alpha value is -2.13. The third kappa shape index (κ3) is 2.73. The van der Waals surface area contributed by atoms with Crippen molar-refractivity contribution in [3.63, 3.8) is 0 Å². The van der Waals surface area contributed by atoms with E-state index in [4.69, 9.17) is 5.26 Å². The fraction of sp³-hybridized carbons (Fsp3) is 0.214. The van der Waals surface area contributed by atoms with Crippen LogP contribution in [0.15, 0.2) is 34.2 Å². The first-order valence-electron chi connectivity index (χ1n) is 5.94. The van der Waals surface area contributed by atoms with Crippen molar-refractivity contribution in [3.8, 4) is 17.3 Å². The summed E-state index contributed by atoms with van der Waals surface area (Å²) >= 11 is 1.28. The molecule has 20 heavy (non-hydrogen) atoms. The molecule has 0 atom stereocenters. The number of aromatic nitrogens is 2. The number of aryl methyl sites for hydroxylation is 1. The van der Waals surface area contributed by atoms with Crippen molar-refractivity contribution in [2.24, 2.45) is 0 Å². The van der Waals surface area contributed by atoms with Crippen molar-refractivity contribution in [3.05, 3.63) is 45.7 Å². The monoisotopic (exact) mass is 289 g/mol. The van der Waals surface area contributed by atoms with E-state index in [1.807, 2.05) is 6.07 Å². The largest absolute Gasteiger partial charge is 0.300 e. The molecule has 6 heteroatoms. The van der Waals surface area contributed by atoms with Crippen molar-refractivity contribution in [2.75, 3.05) is 12.9 Å². The van der Waals surface area contributed by atoms with Gasteiger partial charge < -0.3 is 4.98 Å². The van der Waals surface area contributed by atoms with Gasteiger partial charge in [0.1, 0.15) is 11.6 Å². The molecular weight excluding hydrogens is 277 g/mol. The lowest BCUT2D eigenvalue weighted by Crippen LogP contribution is -2.15. The molecule has 0 amide bonds. The van der Waals surface area contributed by atoms with E-state index in [1.54, 1.807) is 30.5 Å². The maximum atomic E-state index is 12.6. The minimum absolute atomic E-state index is 0.0471. The second-order valence-electron chi connectivity index (χ2n) is 4.01. The minimum atomic E-state index is -0.503. The number of nitrogens with one attached hydrogen (secondary N) is 1. The summed E-state index contributed by atoms with van der Waals surface area (Å²) in [6, 6.07) is 8.97. The number of alkyl halides is 1. The number of thioether (sulfide) groups is 1. The Kier molecular flexibility index (Phi) is 4.53. The van der Waals surface area contributed by atoms with Gasteiger partial charge in [-0.15, -0.1) is 0 Å². The van der Waals surface area contributed by atoms with Crippen LogP contribution in [-0.4, -0.2) is 22.9 Å². The second kappa shape index (κ2) is 6.35. The Bertz CT molecular complexity index is 721. The third-order valence-electron chi connectivity index (χ3n) is 2.84. The normalized spacial score (nSPS) is 10.2. The zero-order chi connectivity index (χ0) is 14.5. The van der Waals surface area contributed by atoms with Gasteiger partial charge in [-0.3, -0.25) is 9.18 Å². The molecule has 1 aromatic heterocycles. The molecule has 0 fully saturated rings. The van der Waals surface area contributed by atoms with Crippen LogP contribution in [0.1, 0.15) is 11.1 Å². The lowest BCUT2D eigenvalue weighted by molar-refractivity contribution is 0.495. The van der Waals surface area contributed by atoms with Crippen LogP contribution in [0.3, 0.4) is 0 Å². The number of nitriles is 1. The van der Waals surface area contributed by atoms with E-state index in [-0.39, 0.29) is 12.0 Å². The molecule has 4 nitrogen and oxygen atoms in total. The molecule has 2 rings (SSSR count). The summed E-state index contributed by atoms with van der Waals surface area (Å²) in [5.41, 5.74) is 1.15. The first-order chi connectivity index (χ1) is 9.71. The highest BCUT2D eigenvalue weighted by Gasteiger charge is 2.15. The summed E-state index contributed by atoms with van der Waals surface area (Å²) in [5, 5.41) is 9.58. The molecule has 102 valence electrons. The highest BCUT2D eigenvalue weighted by molar-refractivity contribution is 7.98. The SMILES string of the molecule is CSc1nc(-c2ccccc2CCF)c(C#N)c(=O)[nH]1. The molecule has 1 heterocycles. The molecule has 0 bridgehead atoms. The van der Waals surface area contributed by atoms with Crippen LogP contribution in [0.5, 0.6) is 0 Å². The van der Waals surface area contributed by atoms with Gasteiger partial charge in [-0.2, -0.15) is 5.26 Å². The number of hydrogen-bond acceptors (Lipinski definition) is 4. The van der Waals surface area contributed by atoms with Gasteiger partial charge >= 0.3 is 0 Å². The Morgan fingerprint density at radius 1 is 1.45 bits per heavy atom. The third-order valence-corrected chi connectivity index (χ3v) is 3.42. The average molecular weight is 289 g/mol. The molecule has 0 saturated carbocycles. The zero-order valence-corrected chi connectivity index (χ0v) is 11.6. The topological polar surface area (TPSA) is 69.5 Å². The molecule has 2 aromatic rings. The number of H-pyrrole nitrogens is 1. The van der Waals surface area contributed by atoms with Crippen molar-refractivity contribution in [2.45, 2.75) is 11.6 Å². The molecule has 0 aliphatic rings. The van der Waals surface area contributed by atoms with Gasteiger partial charge in [-0.05, 0) is 11.8 Å². The average Bonchev–Trinajstić information content (AvgIpc) is 2.47. The quantitative estimate of drug-likeness (QED) is 0.693. The number of benzene rings is 1. The maximum Gasteiger partial charge on any atom is 0.270 e. The van der Waals surface area contributed by atoms with E-state index in [9.17, 15) is 9.18 Å². The van der Waals surface area contributed by atoms with E-state index in [0.717, 1.165) is 5.56 Å². The Morgan fingerprint density at radius 2 is 2.20 bits per heavy atom. The van der Waals surface area contributed by atoms with E-state index >= 15 is 0 Å². The van der Waals surface area contributed by atoms with Crippen molar-refractivity contribution >= 4 is 11.8 Å². The fourth-order valence-corrected chi connectivity index (χ4v) is 2.30. The van der Waals surface area contributed by atoms with E-state index in [1.165, 1.54) is 11.8 Å². The van der Waals surface area contributed by atoms with Crippen LogP contribution >= 0.6 is 11.8 Å². The summed E-state index contributed by atoms with van der Waals surface area (Å²) in [7, 11) is 0. The molecule has 1 aromatic carbocycles. The zero-order valence-electron chi connectivity index (χ0n) is 10.8. The molecule has 0 aliphatic carbocycles. The van der Waals surface area contributed by atoms with Gasteiger partial charge in [-0.1, -0.05) is 36.0 Å². The van der Waals surface area contributed by atoms with Gasteiger partial charge in [-0.25, -0.2) is 4.98 Å². The van der Waals surface area contributed by atoms with E-state index < -0.39 is 12.2 Å². The van der Waals surface area contributed by atoms with Crippen LogP contribution < -0.4 is 5.56 Å². The Morgan fingerprint density at radius 3 is 2.85 bits per heavy atom. The van der Waals surface area contributed by atoms with Crippen LogP contribution in [0.2, 0.25) is 0 Å². The van der Waals surface area contributed by atoms with Crippen molar-refractivity contribution in [1.82, 2.24) is 9.97 Å². The van der Waals surface area contributed by atoms with Gasteiger partial charge in [0.15, 0.2) is 5.16 Å². The smallest absolute Gasteiger partial charge is 0.270 e. The molecule has 0 radical (unpaired) electrons. The number of halogens is 1. The first kappa shape index (κ1) is 14.3. The Balaban J connectivity index is 2.72.